The van der Waals surface area contributed by atoms with Crippen molar-refractivity contribution in [3.8, 4) is 0 Å². The van der Waals surface area contributed by atoms with Crippen molar-refractivity contribution in [3.05, 3.63) is 35.0 Å². The highest BCUT2D eigenvalue weighted by atomic mass is 19.1. The van der Waals surface area contributed by atoms with Gasteiger partial charge in [-0.1, -0.05) is 0 Å². The molecule has 0 bridgehead atoms. The Bertz CT molecular complexity index is 647. The van der Waals surface area contributed by atoms with Crippen LogP contribution in [-0.2, 0) is 0 Å². The van der Waals surface area contributed by atoms with Gasteiger partial charge in [-0.15, -0.1) is 0 Å². The lowest BCUT2D eigenvalue weighted by molar-refractivity contribution is 0.535. The van der Waals surface area contributed by atoms with Gasteiger partial charge in [0.25, 0.3) is 0 Å². The number of halogens is 2. The molecule has 108 valence electrons. The maximum absolute atomic E-state index is 13.9. The highest BCUT2D eigenvalue weighted by Gasteiger charge is 2.17. The SMILES string of the molecule is Cc1cc(F)c(Nc2c(N)c(C)nn2C(C)C)cc1F. The molecule has 0 unspecified atom stereocenters. The first-order valence-corrected chi connectivity index (χ1v) is 6.38. The predicted octanol–water partition coefficient (Wildman–Crippen LogP) is 3.68. The average molecular weight is 280 g/mol. The molecule has 1 aromatic heterocycles. The third-order valence-electron chi connectivity index (χ3n) is 3.12. The van der Waals surface area contributed by atoms with Crippen LogP contribution in [0.5, 0.6) is 0 Å². The van der Waals surface area contributed by atoms with Crippen molar-refractivity contribution < 1.29 is 8.78 Å². The molecule has 0 amide bonds. The van der Waals surface area contributed by atoms with Gasteiger partial charge in [-0.25, -0.2) is 13.5 Å². The fraction of sp³-hybridized carbons (Fsp3) is 0.357. The molecule has 3 N–H and O–H groups in total. The molecule has 6 heteroatoms. The minimum Gasteiger partial charge on any atom is -0.394 e. The predicted molar refractivity (Wildman–Crippen MR) is 76.1 cm³/mol. The van der Waals surface area contributed by atoms with Gasteiger partial charge in [-0.2, -0.15) is 5.10 Å². The fourth-order valence-electron chi connectivity index (χ4n) is 1.93. The molecule has 0 aliphatic carbocycles. The molecule has 0 saturated heterocycles. The van der Waals surface area contributed by atoms with E-state index in [9.17, 15) is 8.78 Å². The zero-order valence-corrected chi connectivity index (χ0v) is 12.0. The molecule has 2 rings (SSSR count). The lowest BCUT2D eigenvalue weighted by atomic mass is 10.2. The Hall–Kier alpha value is -2.11. The van der Waals surface area contributed by atoms with Gasteiger partial charge < -0.3 is 11.1 Å². The fourth-order valence-corrected chi connectivity index (χ4v) is 1.93. The van der Waals surface area contributed by atoms with Crippen LogP contribution in [0.25, 0.3) is 0 Å². The molecular weight excluding hydrogens is 262 g/mol. The topological polar surface area (TPSA) is 55.9 Å². The molecule has 0 fully saturated rings. The maximum Gasteiger partial charge on any atom is 0.152 e. The van der Waals surface area contributed by atoms with Crippen LogP contribution in [0.1, 0.15) is 31.1 Å². The minimum atomic E-state index is -0.530. The first kappa shape index (κ1) is 14.3. The van der Waals surface area contributed by atoms with Crippen molar-refractivity contribution >= 4 is 17.2 Å². The normalized spacial score (nSPS) is 11.2. The third kappa shape index (κ3) is 2.45. The maximum atomic E-state index is 13.9. The average Bonchev–Trinajstić information content (AvgIpc) is 2.64. The van der Waals surface area contributed by atoms with Crippen molar-refractivity contribution in [2.45, 2.75) is 33.7 Å². The third-order valence-corrected chi connectivity index (χ3v) is 3.12. The minimum absolute atomic E-state index is 0.0431. The van der Waals surface area contributed by atoms with Gasteiger partial charge in [-0.3, -0.25) is 0 Å². The van der Waals surface area contributed by atoms with Gasteiger partial charge in [0, 0.05) is 12.1 Å². The number of nitrogens with one attached hydrogen (secondary N) is 1. The number of nitrogens with two attached hydrogens (primary N) is 1. The lowest BCUT2D eigenvalue weighted by Gasteiger charge is -2.14. The van der Waals surface area contributed by atoms with Crippen molar-refractivity contribution in [1.29, 1.82) is 0 Å². The number of rotatable bonds is 3. The summed E-state index contributed by atoms with van der Waals surface area (Å²) in [5, 5.41) is 7.13. The Morgan fingerprint density at radius 3 is 2.45 bits per heavy atom. The van der Waals surface area contributed by atoms with Crippen LogP contribution in [0.4, 0.5) is 26.0 Å². The van der Waals surface area contributed by atoms with Gasteiger partial charge in [0.1, 0.15) is 11.6 Å². The second-order valence-electron chi connectivity index (χ2n) is 5.09. The van der Waals surface area contributed by atoms with Crippen molar-refractivity contribution in [1.82, 2.24) is 9.78 Å². The Balaban J connectivity index is 2.47. The van der Waals surface area contributed by atoms with Crippen LogP contribution in [0.2, 0.25) is 0 Å². The van der Waals surface area contributed by atoms with Crippen LogP contribution < -0.4 is 11.1 Å². The summed E-state index contributed by atoms with van der Waals surface area (Å²) < 4.78 is 29.1. The van der Waals surface area contributed by atoms with E-state index in [0.717, 1.165) is 12.1 Å². The Morgan fingerprint density at radius 2 is 1.85 bits per heavy atom. The monoisotopic (exact) mass is 280 g/mol. The molecule has 0 spiro atoms. The van der Waals surface area contributed by atoms with E-state index in [1.807, 2.05) is 13.8 Å². The first-order chi connectivity index (χ1) is 9.31. The van der Waals surface area contributed by atoms with E-state index in [1.54, 1.807) is 11.6 Å². The first-order valence-electron chi connectivity index (χ1n) is 6.38. The summed E-state index contributed by atoms with van der Waals surface area (Å²) in [7, 11) is 0. The second-order valence-corrected chi connectivity index (χ2v) is 5.09. The van der Waals surface area contributed by atoms with Crippen LogP contribution in [0.3, 0.4) is 0 Å². The number of hydrogen-bond donors (Lipinski definition) is 2. The van der Waals surface area contributed by atoms with Crippen LogP contribution >= 0.6 is 0 Å². The Kier molecular flexibility index (Phi) is 3.65. The number of nitrogen functional groups attached to an aromatic ring is 1. The van der Waals surface area contributed by atoms with Crippen LogP contribution in [0.15, 0.2) is 12.1 Å². The molecule has 0 aliphatic heterocycles. The van der Waals surface area contributed by atoms with Gasteiger partial charge >= 0.3 is 0 Å². The number of aryl methyl sites for hydroxylation is 2. The summed E-state index contributed by atoms with van der Waals surface area (Å²) >= 11 is 0. The van der Waals surface area contributed by atoms with Gasteiger partial charge in [0.15, 0.2) is 5.82 Å². The van der Waals surface area contributed by atoms with Gasteiger partial charge in [0.05, 0.1) is 17.1 Å². The highest BCUT2D eigenvalue weighted by Crippen LogP contribution is 2.30. The molecular formula is C14H18F2N4. The molecule has 4 nitrogen and oxygen atoms in total. The summed E-state index contributed by atoms with van der Waals surface area (Å²) in [6.45, 7) is 7.15. The molecule has 0 saturated carbocycles. The van der Waals surface area contributed by atoms with Crippen LogP contribution in [-0.4, -0.2) is 9.78 Å². The molecule has 1 heterocycles. The summed E-state index contributed by atoms with van der Waals surface area (Å²) in [4.78, 5) is 0. The van der Waals surface area contributed by atoms with Crippen molar-refractivity contribution in [2.24, 2.45) is 0 Å². The largest absolute Gasteiger partial charge is 0.394 e. The number of hydrogen-bond acceptors (Lipinski definition) is 3. The van der Waals surface area contributed by atoms with Gasteiger partial charge in [-0.05, 0) is 39.3 Å². The summed E-state index contributed by atoms with van der Waals surface area (Å²) in [6.07, 6.45) is 0. The number of aromatic nitrogens is 2. The van der Waals surface area contributed by atoms with E-state index in [1.165, 1.54) is 6.92 Å². The molecule has 0 radical (unpaired) electrons. The Morgan fingerprint density at radius 1 is 1.20 bits per heavy atom. The van der Waals surface area contributed by atoms with E-state index in [-0.39, 0.29) is 17.3 Å². The Labute approximate surface area is 116 Å². The number of nitrogens with zero attached hydrogens (tertiary/aromatic N) is 2. The van der Waals surface area contributed by atoms with E-state index in [2.05, 4.69) is 10.4 Å². The summed E-state index contributed by atoms with van der Waals surface area (Å²) in [6, 6.07) is 2.32. The summed E-state index contributed by atoms with van der Waals surface area (Å²) in [5.74, 6) is -0.531. The van der Waals surface area contributed by atoms with Gasteiger partial charge in [0.2, 0.25) is 0 Å². The van der Waals surface area contributed by atoms with Crippen LogP contribution in [0, 0.1) is 25.5 Å². The van der Waals surface area contributed by atoms with E-state index >= 15 is 0 Å². The summed E-state index contributed by atoms with van der Waals surface area (Å²) in [5.41, 5.74) is 7.32. The van der Waals surface area contributed by atoms with E-state index in [0.29, 0.717) is 17.2 Å². The van der Waals surface area contributed by atoms with E-state index < -0.39 is 11.6 Å². The molecule has 0 atom stereocenters. The molecule has 0 aliphatic rings. The second kappa shape index (κ2) is 5.11. The van der Waals surface area contributed by atoms with Crippen molar-refractivity contribution in [2.75, 3.05) is 11.1 Å². The zero-order valence-electron chi connectivity index (χ0n) is 12.0. The number of benzene rings is 1. The highest BCUT2D eigenvalue weighted by molar-refractivity contribution is 5.71. The van der Waals surface area contributed by atoms with E-state index in [4.69, 9.17) is 5.73 Å². The number of anilines is 3. The standard InChI is InChI=1S/C14H18F2N4/c1-7(2)20-14(13(17)9(4)19-20)18-12-6-10(15)8(3)5-11(12)16/h5-7,18H,17H2,1-4H3. The zero-order chi connectivity index (χ0) is 15.0. The van der Waals surface area contributed by atoms with Crippen molar-refractivity contribution in [3.63, 3.8) is 0 Å². The quantitative estimate of drug-likeness (QED) is 0.901. The lowest BCUT2D eigenvalue weighted by Crippen LogP contribution is -2.09. The molecule has 2 aromatic rings. The smallest absolute Gasteiger partial charge is 0.152 e. The molecule has 20 heavy (non-hydrogen) atoms. The molecule has 1 aromatic carbocycles.